The number of nitrogens with zero attached hydrogens (tertiary/aromatic N) is 15. The number of aromatic nitrogens is 10. The molecule has 0 spiro atoms. The maximum absolute atomic E-state index is 11.8. The summed E-state index contributed by atoms with van der Waals surface area (Å²) in [6.45, 7) is 73.4. The van der Waals surface area contributed by atoms with Gasteiger partial charge in [-0.05, 0) is 193 Å². The first-order chi connectivity index (χ1) is 58.9. The van der Waals surface area contributed by atoms with E-state index < -0.39 is 40.7 Å². The topological polar surface area (TPSA) is 374 Å². The number of hydrogen-bond acceptors (Lipinski definition) is 22. The summed E-state index contributed by atoms with van der Waals surface area (Å²) in [5.74, 6) is 5.13. The number of hydrazine groups is 1. The average Bonchev–Trinajstić information content (AvgIpc) is 1.71. The monoisotopic (exact) mass is 1920 g/mol. The van der Waals surface area contributed by atoms with Gasteiger partial charge < -0.3 is 50.0 Å². The molecule has 129 heavy (non-hydrogen) atoms. The number of carbonyl (C=O) groups excluding carboxylic acids is 4. The molecule has 0 aliphatic heterocycles. The summed E-state index contributed by atoms with van der Waals surface area (Å²) in [5, 5.41) is 53.7. The van der Waals surface area contributed by atoms with E-state index in [4.69, 9.17) is 56.1 Å². The number of fused-ring (bicyclic) bond motifs is 5. The molecule has 3 unspecified atom stereocenters. The van der Waals surface area contributed by atoms with E-state index in [2.05, 4.69) is 241 Å². The van der Waals surface area contributed by atoms with Crippen molar-refractivity contribution in [3.8, 4) is 0 Å². The Morgan fingerprint density at radius 3 is 1.13 bits per heavy atom. The van der Waals surface area contributed by atoms with Gasteiger partial charge in [0.05, 0.1) is 132 Å². The predicted octanol–water partition coefficient (Wildman–Crippen LogP) is 15.4. The van der Waals surface area contributed by atoms with Crippen LogP contribution in [0.3, 0.4) is 0 Å². The minimum atomic E-state index is -1.71. The van der Waals surface area contributed by atoms with Gasteiger partial charge in [-0.15, -0.1) is 0 Å². The third-order valence-electron chi connectivity index (χ3n) is 26.9. The van der Waals surface area contributed by atoms with Gasteiger partial charge in [0.25, 0.3) is 0 Å². The summed E-state index contributed by atoms with van der Waals surface area (Å²) >= 11 is 6.15. The van der Waals surface area contributed by atoms with Crippen molar-refractivity contribution < 1.29 is 83.2 Å². The van der Waals surface area contributed by atoms with Crippen LogP contribution in [0.25, 0.3) is 10.4 Å². The fraction of sp³-hybridized carbons (Fsp3) is 0.772. The van der Waals surface area contributed by atoms with Crippen molar-refractivity contribution in [1.82, 2.24) is 64.1 Å². The van der Waals surface area contributed by atoms with Gasteiger partial charge in [-0.2, -0.15) is 36.6 Å². The van der Waals surface area contributed by atoms with Crippen molar-refractivity contribution >= 4 is 83.3 Å². The van der Waals surface area contributed by atoms with Crippen LogP contribution < -0.4 is 46.6 Å². The number of allylic oxidation sites excluding steroid dienone is 1. The molecular weight excluding hydrogens is 1740 g/mol. The Kier molecular flexibility index (Phi) is 53.5. The molecule has 0 saturated heterocycles. The number of ketones is 4. The van der Waals surface area contributed by atoms with E-state index in [1.54, 1.807) is 28.2 Å². The first-order valence-electron chi connectivity index (χ1n) is 46.7. The Morgan fingerprint density at radius 1 is 0.496 bits per heavy atom. The molecule has 0 aromatic carbocycles. The molecule has 0 amide bonds. The van der Waals surface area contributed by atoms with E-state index >= 15 is 0 Å². The molecule has 37 heteroatoms. The molecule has 3 atom stereocenters. The Labute approximate surface area is 812 Å². The van der Waals surface area contributed by atoms with E-state index in [-0.39, 0.29) is 114 Å². The van der Waals surface area contributed by atoms with E-state index in [1.807, 2.05) is 46.7 Å². The molecule has 29 nitrogen and oxygen atoms in total. The predicted molar refractivity (Wildman–Crippen MR) is 536 cm³/mol. The van der Waals surface area contributed by atoms with Gasteiger partial charge in [0.1, 0.15) is 0 Å². The molecule has 729 valence electrons. The summed E-state index contributed by atoms with van der Waals surface area (Å²) in [7, 11) is -4.51. The Balaban J connectivity index is 0.00000148. The second kappa shape index (κ2) is 56.3. The van der Waals surface area contributed by atoms with Crippen molar-refractivity contribution in [3.05, 3.63) is 109 Å². The Hall–Kier alpha value is -4.42. The third kappa shape index (κ3) is 39.3. The maximum Gasteiger partial charge on any atom is 1.00 e. The quantitative estimate of drug-likeness (QED) is 0.00364. The van der Waals surface area contributed by atoms with Crippen LogP contribution in [0.15, 0.2) is 47.9 Å². The summed E-state index contributed by atoms with van der Waals surface area (Å²) in [6, 6.07) is 0.123. The van der Waals surface area contributed by atoms with Crippen LogP contribution in [0.1, 0.15) is 294 Å². The zero-order valence-electron chi connectivity index (χ0n) is 87.0. The zero-order chi connectivity index (χ0) is 96.5. The largest absolute Gasteiger partial charge is 1.00 e. The first kappa shape index (κ1) is 123. The normalized spacial score (nSPS) is 17.0. The van der Waals surface area contributed by atoms with Crippen LogP contribution in [-0.4, -0.2) is 226 Å². The summed E-state index contributed by atoms with van der Waals surface area (Å²) in [4.78, 5) is 52.7. The van der Waals surface area contributed by atoms with Gasteiger partial charge in [-0.1, -0.05) is 143 Å². The molecule has 8 N–H and O–H groups in total. The number of carbonyl (C=O) groups is 4. The summed E-state index contributed by atoms with van der Waals surface area (Å²) in [6.07, 6.45) is 26.3. The van der Waals surface area contributed by atoms with Gasteiger partial charge in [-0.3, -0.25) is 53.9 Å². The van der Waals surface area contributed by atoms with Crippen LogP contribution in [0.5, 0.6) is 0 Å². The molecule has 1 fully saturated rings. The van der Waals surface area contributed by atoms with E-state index in [0.29, 0.717) is 75.6 Å². The minimum Gasteiger partial charge on any atom is -1.00 e. The number of aliphatic hydroxyl groups excluding tert-OH is 3. The first-order valence-corrected chi connectivity index (χ1v) is 62.4. The van der Waals surface area contributed by atoms with E-state index in [0.717, 1.165) is 143 Å². The molecule has 5 aromatic rings. The summed E-state index contributed by atoms with van der Waals surface area (Å²) < 4.78 is 34.7. The number of rotatable bonds is 25. The number of nitrogens with one attached hydrogen (secondary N) is 1. The number of azide groups is 1. The Bertz CT molecular complexity index is 4110. The molecule has 6 aliphatic rings. The third-order valence-corrected chi connectivity index (χ3v) is 50.3. The molecular formula is C92H174BClN18NaO11Si5. The number of Topliss-reactive ketones (excluding diaryl/α,β-unsaturated/α-hetero) is 4. The molecule has 5 aromatic heterocycles. The number of nitrogens with two attached hydrogens (primary N) is 2. The summed E-state index contributed by atoms with van der Waals surface area (Å²) in [5.41, 5.74) is 28.2. The van der Waals surface area contributed by atoms with Crippen molar-refractivity contribution in [2.24, 2.45) is 16.7 Å². The Morgan fingerprint density at radius 2 is 0.806 bits per heavy atom. The van der Waals surface area contributed by atoms with Gasteiger partial charge in [0.2, 0.25) is 0 Å². The average molecular weight is 1920 g/mol. The zero-order valence-corrected chi connectivity index (χ0v) is 93.7. The molecule has 1 saturated carbocycles. The van der Waals surface area contributed by atoms with Crippen molar-refractivity contribution in [3.63, 3.8) is 0 Å². The molecule has 11 rings (SSSR count). The number of aliphatic hydroxyl groups is 3. The maximum atomic E-state index is 11.8. The van der Waals surface area contributed by atoms with Crippen LogP contribution >= 0.6 is 11.1 Å². The minimum absolute atomic E-state index is 0. The van der Waals surface area contributed by atoms with Crippen molar-refractivity contribution in [1.29, 1.82) is 0 Å². The standard InChI is InChI=1S/C15H27N5OSi.C15H29N3OSi.C15H28N2O2Si.C15H26N2O2Si.C9H12N2O2.C9H13NO2.C6H15ClSi.C6H15N.C2H8N2O.B.Na.H/c1-15(2,3)22(4,5)21-10-9-20-14-8-6-7-13(18-19-16)12(14)11-17-20;1-15(2,3)20(4,5)19-10-9-18-14-8-6-7-13(16)12(14)11-17-18;2*1-15(2,3)20(4,5)19-10-9-17-13-7-6-8-14(18)12(13)11-16-17;12-5-4-11-8-2-1-3-9(13)7(8)6-10-11;1-10(2)6-7-8(11)4-3-5-9(7)12;1-6(2,3)8(4,5)7;1-4-7(5-2)6-3;3-4-1-2-5;;;/h11,13H,6-10H2,1-5H3;11,13H,6-10,16H2,1-5H3;11,14,18H,6-10H2,1-5H3;11H,6-10H2,1-5H3;6,12H,1-5H2;6H,3-5H2,1-2H3;1-5H3;4-6H2,1-3H3;4-5H,1-3H2;;;/q;;;;;;;;;;+1;-1. The molecule has 0 bridgehead atoms. The van der Waals surface area contributed by atoms with Gasteiger partial charge in [-0.25, -0.2) is 0 Å². The number of halogens is 1. The number of hydrogen-bond donors (Lipinski definition) is 6. The second-order valence-corrected chi connectivity index (χ2v) is 68.2. The van der Waals surface area contributed by atoms with Crippen LogP contribution in [-0.2, 0) is 92.1 Å². The van der Waals surface area contributed by atoms with Crippen LogP contribution in [0.4, 0.5) is 0 Å². The van der Waals surface area contributed by atoms with Gasteiger partial charge in [0.15, 0.2) is 63.8 Å². The van der Waals surface area contributed by atoms with Crippen LogP contribution in [0.2, 0.25) is 90.7 Å². The van der Waals surface area contributed by atoms with E-state index in [9.17, 15) is 24.3 Å². The smallest absolute Gasteiger partial charge is 1.00 e. The molecule has 5 heterocycles. The fourth-order valence-electron chi connectivity index (χ4n) is 13.4. The molecule has 6 aliphatic carbocycles. The molecule has 3 radical (unpaired) electrons. The van der Waals surface area contributed by atoms with Crippen molar-refractivity contribution in [2.45, 2.75) is 382 Å². The SMILES string of the molecule is CC(C)(C)[Si](C)(C)Cl.CC(C)(C)[Si](C)(C)OCCn1ncc2c1CCCC2=O.CC(C)(C)[Si](C)(C)OCCn1ncc2c1CCCC2N.CC(C)(C)[Si](C)(C)OCCn1ncc2c1CCCC2N=[N+]=[N-].CC(C)(C)[Si](C)(C)OCCn1ncc2c1CCCC2O.CCN(CC)CC.CN(C)C=C1C(=O)CCCC1=O.NNCCO.O=C1CCCc2c1cnn2CCO.[B].[H-].[Na+]. The van der Waals surface area contributed by atoms with Gasteiger partial charge in [0, 0.05) is 117 Å². The fourth-order valence-corrected chi connectivity index (χ4v) is 17.5. The van der Waals surface area contributed by atoms with Crippen LogP contribution in [0, 0.1) is 0 Å². The van der Waals surface area contributed by atoms with Gasteiger partial charge >= 0.3 is 29.6 Å². The second-order valence-electron chi connectivity index (χ2n) is 41.7. The van der Waals surface area contributed by atoms with Crippen molar-refractivity contribution in [2.75, 3.05) is 79.9 Å². The van der Waals surface area contributed by atoms with E-state index in [1.165, 1.54) is 48.7 Å².